The van der Waals surface area contributed by atoms with Gasteiger partial charge >= 0.3 is 29.9 Å². The molecule has 0 N–H and O–H groups in total. The molecule has 0 saturated carbocycles. The van der Waals surface area contributed by atoms with E-state index in [1.807, 2.05) is 0 Å². The van der Waals surface area contributed by atoms with Crippen LogP contribution in [-0.4, -0.2) is 48.4 Å². The maximum absolute atomic E-state index is 13.7. The monoisotopic (exact) mass is 658 g/mol. The Morgan fingerprint density at radius 2 is 1.00 bits per heavy atom. The molecule has 0 unspecified atom stereocenters. The molecule has 16 heteroatoms. The lowest BCUT2D eigenvalue weighted by Crippen LogP contribution is -2.67. The van der Waals surface area contributed by atoms with Crippen molar-refractivity contribution in [3.63, 3.8) is 0 Å². The summed E-state index contributed by atoms with van der Waals surface area (Å²) in [5, 5.41) is 8.73. The van der Waals surface area contributed by atoms with E-state index in [1.165, 1.54) is 0 Å². The standard InChI is InChI=1S/C24H22BrF11N2O2/c25-13-3-1-2-4-14-39-18-9-5-16(6-10-18)37-38-17-7-11-19(12-8-17)40-15-20(26,27)21(28,29)22(30,31)23(32,33)24(34,35)36/h5-12H,1-4,13-15H2. The fourth-order valence-electron chi connectivity index (χ4n) is 2.94. The summed E-state index contributed by atoms with van der Waals surface area (Å²) in [6, 6.07) is 10.5. The zero-order chi connectivity index (χ0) is 30.2. The van der Waals surface area contributed by atoms with Crippen LogP contribution in [0.15, 0.2) is 58.8 Å². The van der Waals surface area contributed by atoms with Crippen molar-refractivity contribution in [2.75, 3.05) is 18.5 Å². The van der Waals surface area contributed by atoms with Gasteiger partial charge in [-0.2, -0.15) is 58.5 Å². The van der Waals surface area contributed by atoms with Crippen molar-refractivity contribution in [3.8, 4) is 11.5 Å². The Bertz CT molecular complexity index is 1090. The largest absolute Gasteiger partial charge is 0.494 e. The Hall–Kier alpha value is -2.65. The highest BCUT2D eigenvalue weighted by atomic mass is 79.9. The molecule has 0 aliphatic heterocycles. The first-order chi connectivity index (χ1) is 18.5. The van der Waals surface area contributed by atoms with Crippen LogP contribution in [0.5, 0.6) is 11.5 Å². The fraction of sp³-hybridized carbons (Fsp3) is 0.500. The molecule has 0 saturated heterocycles. The Morgan fingerprint density at radius 3 is 1.45 bits per heavy atom. The molecule has 2 rings (SSSR count). The number of hydrogen-bond donors (Lipinski definition) is 0. The third-order valence-corrected chi connectivity index (χ3v) is 5.84. The highest BCUT2D eigenvalue weighted by molar-refractivity contribution is 9.09. The first-order valence-electron chi connectivity index (χ1n) is 11.5. The first-order valence-corrected chi connectivity index (χ1v) is 12.6. The lowest BCUT2D eigenvalue weighted by atomic mass is 9.98. The second-order valence-electron chi connectivity index (χ2n) is 8.35. The van der Waals surface area contributed by atoms with Crippen LogP contribution in [0.25, 0.3) is 0 Å². The fourth-order valence-corrected chi connectivity index (χ4v) is 3.34. The predicted octanol–water partition coefficient (Wildman–Crippen LogP) is 9.92. The van der Waals surface area contributed by atoms with Crippen molar-refractivity contribution in [1.82, 2.24) is 0 Å². The average Bonchev–Trinajstić information content (AvgIpc) is 2.88. The summed E-state index contributed by atoms with van der Waals surface area (Å²) in [5.41, 5.74) is 0.521. The van der Waals surface area contributed by atoms with E-state index < -0.39 is 42.2 Å². The molecular formula is C24H22BrF11N2O2. The van der Waals surface area contributed by atoms with Crippen LogP contribution in [0.2, 0.25) is 0 Å². The highest BCUT2D eigenvalue weighted by Crippen LogP contribution is 2.57. The van der Waals surface area contributed by atoms with Crippen LogP contribution in [0, 0.1) is 0 Å². The van der Waals surface area contributed by atoms with Crippen molar-refractivity contribution in [2.45, 2.75) is 55.5 Å². The second kappa shape index (κ2) is 13.3. The number of nitrogens with zero attached hydrogens (tertiary/aromatic N) is 2. The van der Waals surface area contributed by atoms with Gasteiger partial charge in [-0.05, 0) is 61.4 Å². The Morgan fingerprint density at radius 1 is 0.550 bits per heavy atom. The van der Waals surface area contributed by atoms with Crippen LogP contribution in [0.1, 0.15) is 25.7 Å². The molecule has 0 heterocycles. The molecule has 224 valence electrons. The topological polar surface area (TPSA) is 43.2 Å². The van der Waals surface area contributed by atoms with Crippen LogP contribution in [0.3, 0.4) is 0 Å². The second-order valence-corrected chi connectivity index (χ2v) is 9.15. The number of rotatable bonds is 15. The normalized spacial score (nSPS) is 13.6. The Balaban J connectivity index is 1.95. The van der Waals surface area contributed by atoms with Crippen molar-refractivity contribution >= 4 is 27.3 Å². The molecule has 0 bridgehead atoms. The van der Waals surface area contributed by atoms with Crippen LogP contribution in [0.4, 0.5) is 59.7 Å². The SMILES string of the molecule is FC(F)(F)C(F)(F)C(F)(F)C(F)(F)C(F)(F)COc1ccc(N=Nc2ccc(OCCCCCCBr)cc2)cc1. The molecule has 2 aromatic rings. The third-order valence-electron chi connectivity index (χ3n) is 5.28. The van der Waals surface area contributed by atoms with E-state index in [9.17, 15) is 48.3 Å². The minimum Gasteiger partial charge on any atom is -0.494 e. The summed E-state index contributed by atoms with van der Waals surface area (Å²) < 4.78 is 153. The maximum Gasteiger partial charge on any atom is 0.460 e. The van der Waals surface area contributed by atoms with E-state index >= 15 is 0 Å². The molecule has 0 aromatic heterocycles. The van der Waals surface area contributed by atoms with Crippen molar-refractivity contribution < 1.29 is 57.8 Å². The van der Waals surface area contributed by atoms with Crippen molar-refractivity contribution in [2.24, 2.45) is 10.2 Å². The summed E-state index contributed by atoms with van der Waals surface area (Å²) in [7, 11) is 0. The average molecular weight is 659 g/mol. The Labute approximate surface area is 229 Å². The van der Waals surface area contributed by atoms with Gasteiger partial charge in [0.05, 0.1) is 18.0 Å². The minimum atomic E-state index is -7.48. The molecule has 0 amide bonds. The van der Waals surface area contributed by atoms with E-state index in [0.717, 1.165) is 55.3 Å². The molecular weight excluding hydrogens is 637 g/mol. The van der Waals surface area contributed by atoms with E-state index in [-0.39, 0.29) is 5.69 Å². The number of ether oxygens (including phenoxy) is 2. The van der Waals surface area contributed by atoms with Gasteiger partial charge in [-0.25, -0.2) is 0 Å². The van der Waals surface area contributed by atoms with Crippen molar-refractivity contribution in [1.29, 1.82) is 0 Å². The summed E-state index contributed by atoms with van der Waals surface area (Å²) in [6.45, 7) is -2.08. The molecule has 40 heavy (non-hydrogen) atoms. The van der Waals surface area contributed by atoms with Crippen molar-refractivity contribution in [3.05, 3.63) is 48.5 Å². The maximum atomic E-state index is 13.7. The summed E-state index contributed by atoms with van der Waals surface area (Å²) in [6.07, 6.45) is -3.11. The molecule has 0 spiro atoms. The molecule has 0 aliphatic rings. The number of azo groups is 1. The van der Waals surface area contributed by atoms with Gasteiger partial charge in [0, 0.05) is 5.33 Å². The van der Waals surface area contributed by atoms with Gasteiger partial charge in [0.25, 0.3) is 0 Å². The predicted molar refractivity (Wildman–Crippen MR) is 126 cm³/mol. The Kier molecular flexibility index (Phi) is 11.2. The van der Waals surface area contributed by atoms with Crippen LogP contribution < -0.4 is 9.47 Å². The van der Waals surface area contributed by atoms with E-state index in [0.29, 0.717) is 18.0 Å². The highest BCUT2D eigenvalue weighted by Gasteiger charge is 2.87. The number of hydrogen-bond acceptors (Lipinski definition) is 4. The first kappa shape index (κ1) is 33.6. The summed E-state index contributed by atoms with van der Waals surface area (Å²) >= 11 is 3.36. The quantitative estimate of drug-likeness (QED) is 0.0827. The minimum absolute atomic E-state index is 0.115. The molecule has 4 nitrogen and oxygen atoms in total. The zero-order valence-corrected chi connectivity index (χ0v) is 21.9. The van der Waals surface area contributed by atoms with Gasteiger partial charge < -0.3 is 9.47 Å². The van der Waals surface area contributed by atoms with E-state index in [4.69, 9.17) is 4.74 Å². The van der Waals surface area contributed by atoms with Gasteiger partial charge in [0.1, 0.15) is 11.5 Å². The van der Waals surface area contributed by atoms with Gasteiger partial charge in [-0.3, -0.25) is 0 Å². The molecule has 0 atom stereocenters. The zero-order valence-electron chi connectivity index (χ0n) is 20.3. The lowest BCUT2D eigenvalue weighted by molar-refractivity contribution is -0.423. The number of halogens is 12. The summed E-state index contributed by atoms with van der Waals surface area (Å²) in [5.74, 6) is -28.2. The number of benzene rings is 2. The van der Waals surface area contributed by atoms with Gasteiger partial charge in [-0.1, -0.05) is 28.8 Å². The van der Waals surface area contributed by atoms with E-state index in [2.05, 4.69) is 30.9 Å². The summed E-state index contributed by atoms with van der Waals surface area (Å²) in [4.78, 5) is 0. The van der Waals surface area contributed by atoms with E-state index in [1.54, 1.807) is 24.3 Å². The van der Waals surface area contributed by atoms with Gasteiger partial charge in [0.2, 0.25) is 0 Å². The number of unbranched alkanes of at least 4 members (excludes halogenated alkanes) is 3. The lowest BCUT2D eigenvalue weighted by Gasteiger charge is -2.37. The van der Waals surface area contributed by atoms with Gasteiger partial charge in [-0.15, -0.1) is 0 Å². The number of alkyl halides is 12. The molecule has 0 fully saturated rings. The third kappa shape index (κ3) is 7.97. The van der Waals surface area contributed by atoms with Crippen LogP contribution >= 0.6 is 15.9 Å². The molecule has 2 aromatic carbocycles. The molecule has 0 aliphatic carbocycles. The smallest absolute Gasteiger partial charge is 0.460 e. The van der Waals surface area contributed by atoms with Gasteiger partial charge in [0.15, 0.2) is 6.61 Å². The molecule has 0 radical (unpaired) electrons. The van der Waals surface area contributed by atoms with Crippen LogP contribution in [-0.2, 0) is 0 Å².